The van der Waals surface area contributed by atoms with Crippen molar-refractivity contribution < 1.29 is 18.3 Å². The molecule has 1 fully saturated rings. The molecule has 0 aliphatic carbocycles. The molecule has 6 heteroatoms. The number of alkyl halides is 2. The fraction of sp³-hybridized carbons (Fsp3) is 0.667. The van der Waals surface area contributed by atoms with Gasteiger partial charge in [-0.05, 0) is 31.0 Å². The van der Waals surface area contributed by atoms with Crippen molar-refractivity contribution in [2.45, 2.75) is 24.5 Å². The van der Waals surface area contributed by atoms with Gasteiger partial charge in [-0.15, -0.1) is 0 Å². The molecule has 1 N–H and O–H groups in total. The van der Waals surface area contributed by atoms with Crippen molar-refractivity contribution in [2.24, 2.45) is 5.92 Å². The summed E-state index contributed by atoms with van der Waals surface area (Å²) in [6, 6.07) is 3.60. The molecule has 0 saturated carbocycles. The molecule has 1 aromatic heterocycles. The molecule has 0 bridgehead atoms. The minimum Gasteiger partial charge on any atom is -0.464 e. The highest BCUT2D eigenvalue weighted by atomic mass is 32.2. The van der Waals surface area contributed by atoms with Gasteiger partial charge in [-0.1, -0.05) is 11.8 Å². The van der Waals surface area contributed by atoms with Crippen molar-refractivity contribution in [3.05, 3.63) is 23.7 Å². The molecule has 2 heterocycles. The van der Waals surface area contributed by atoms with Gasteiger partial charge >= 0.3 is 0 Å². The van der Waals surface area contributed by atoms with E-state index in [-0.39, 0.29) is 12.4 Å². The molecule has 18 heavy (non-hydrogen) atoms. The Morgan fingerprint density at radius 1 is 1.44 bits per heavy atom. The lowest BCUT2D eigenvalue weighted by Crippen LogP contribution is -2.20. The van der Waals surface area contributed by atoms with Crippen LogP contribution in [0.1, 0.15) is 17.9 Å². The third-order valence-electron chi connectivity index (χ3n) is 3.08. The van der Waals surface area contributed by atoms with E-state index >= 15 is 0 Å². The van der Waals surface area contributed by atoms with E-state index in [0.717, 1.165) is 25.3 Å². The van der Waals surface area contributed by atoms with Crippen LogP contribution >= 0.6 is 11.8 Å². The number of furan rings is 1. The standard InChI is InChI=1S/C12H17F2NO2S/c13-12(14)18-8-11-2-1-10(17-11)6-15-4-3-9(5-15)7-16/h1-2,9,12,16H,3-8H2. The highest BCUT2D eigenvalue weighted by Gasteiger charge is 2.22. The monoisotopic (exact) mass is 277 g/mol. The van der Waals surface area contributed by atoms with E-state index in [1.54, 1.807) is 6.07 Å². The predicted molar refractivity (Wildman–Crippen MR) is 66.5 cm³/mol. The summed E-state index contributed by atoms with van der Waals surface area (Å²) in [5.41, 5.74) is 0. The predicted octanol–water partition coefficient (Wildman–Crippen LogP) is 2.55. The molecule has 102 valence electrons. The summed E-state index contributed by atoms with van der Waals surface area (Å²) < 4.78 is 29.6. The molecule has 0 spiro atoms. The molecule has 0 aromatic carbocycles. The minimum absolute atomic E-state index is 0.205. The number of aliphatic hydroxyl groups is 1. The summed E-state index contributed by atoms with van der Waals surface area (Å²) in [5.74, 6) is -0.403. The summed E-state index contributed by atoms with van der Waals surface area (Å²) in [6.45, 7) is 2.74. The van der Waals surface area contributed by atoms with Gasteiger partial charge in [-0.2, -0.15) is 8.78 Å². The second-order valence-corrected chi connectivity index (χ2v) is 5.49. The van der Waals surface area contributed by atoms with Crippen LogP contribution in [0.3, 0.4) is 0 Å². The largest absolute Gasteiger partial charge is 0.464 e. The maximum Gasteiger partial charge on any atom is 0.284 e. The van der Waals surface area contributed by atoms with E-state index < -0.39 is 5.76 Å². The van der Waals surface area contributed by atoms with Crippen LogP contribution in [-0.2, 0) is 12.3 Å². The number of rotatable bonds is 6. The van der Waals surface area contributed by atoms with Gasteiger partial charge in [-0.25, -0.2) is 0 Å². The van der Waals surface area contributed by atoms with Gasteiger partial charge in [0.2, 0.25) is 0 Å². The summed E-state index contributed by atoms with van der Waals surface area (Å²) in [6.07, 6.45) is 1.01. The van der Waals surface area contributed by atoms with E-state index in [9.17, 15) is 8.78 Å². The molecule has 1 aliphatic rings. The van der Waals surface area contributed by atoms with Crippen molar-refractivity contribution in [1.82, 2.24) is 4.90 Å². The Morgan fingerprint density at radius 3 is 2.89 bits per heavy atom. The SMILES string of the molecule is OCC1CCN(Cc2ccc(CSC(F)F)o2)C1. The Labute approximate surface area is 109 Å². The lowest BCUT2D eigenvalue weighted by atomic mass is 10.1. The van der Waals surface area contributed by atoms with Crippen LogP contribution in [0.2, 0.25) is 0 Å². The quantitative estimate of drug-likeness (QED) is 0.867. The third kappa shape index (κ3) is 3.96. The first-order valence-corrected chi connectivity index (χ1v) is 7.03. The second-order valence-electron chi connectivity index (χ2n) is 4.51. The van der Waals surface area contributed by atoms with Crippen molar-refractivity contribution in [2.75, 3.05) is 19.7 Å². The van der Waals surface area contributed by atoms with E-state index in [2.05, 4.69) is 4.90 Å². The van der Waals surface area contributed by atoms with E-state index in [1.807, 2.05) is 6.07 Å². The van der Waals surface area contributed by atoms with Gasteiger partial charge in [-0.3, -0.25) is 4.90 Å². The smallest absolute Gasteiger partial charge is 0.284 e. The molecular weight excluding hydrogens is 260 g/mol. The zero-order valence-corrected chi connectivity index (χ0v) is 10.8. The molecule has 0 radical (unpaired) electrons. The van der Waals surface area contributed by atoms with Crippen LogP contribution in [0.5, 0.6) is 0 Å². The minimum atomic E-state index is -2.36. The van der Waals surface area contributed by atoms with Crippen LogP contribution < -0.4 is 0 Å². The molecule has 2 rings (SSSR count). The van der Waals surface area contributed by atoms with Crippen LogP contribution in [-0.4, -0.2) is 35.5 Å². The van der Waals surface area contributed by atoms with Gasteiger partial charge in [0.15, 0.2) is 0 Å². The average Bonchev–Trinajstić information content (AvgIpc) is 2.96. The van der Waals surface area contributed by atoms with Gasteiger partial charge < -0.3 is 9.52 Å². The zero-order valence-electron chi connectivity index (χ0n) is 10.0. The summed E-state index contributed by atoms with van der Waals surface area (Å²) >= 11 is 0.571. The number of thioether (sulfide) groups is 1. The molecule has 1 saturated heterocycles. The number of likely N-dealkylation sites (tertiary alicyclic amines) is 1. The van der Waals surface area contributed by atoms with E-state index in [4.69, 9.17) is 9.52 Å². The maximum absolute atomic E-state index is 12.0. The third-order valence-corrected chi connectivity index (χ3v) is 3.78. The van der Waals surface area contributed by atoms with Crippen molar-refractivity contribution >= 4 is 11.8 Å². The Bertz CT molecular complexity index is 373. The molecule has 1 unspecified atom stereocenters. The fourth-order valence-corrected chi connectivity index (χ4v) is 2.60. The lowest BCUT2D eigenvalue weighted by Gasteiger charge is -2.13. The zero-order chi connectivity index (χ0) is 13.0. The second kappa shape index (κ2) is 6.54. The topological polar surface area (TPSA) is 36.6 Å². The average molecular weight is 277 g/mol. The fourth-order valence-electron chi connectivity index (χ4n) is 2.16. The highest BCUT2D eigenvalue weighted by molar-refractivity contribution is 7.98. The molecule has 1 atom stereocenters. The number of hydrogen-bond donors (Lipinski definition) is 1. The number of aliphatic hydroxyl groups excluding tert-OH is 1. The van der Waals surface area contributed by atoms with Crippen LogP contribution in [0.4, 0.5) is 8.78 Å². The van der Waals surface area contributed by atoms with Crippen LogP contribution in [0, 0.1) is 5.92 Å². The molecular formula is C12H17F2NO2S. The van der Waals surface area contributed by atoms with Gasteiger partial charge in [0.1, 0.15) is 11.5 Å². The highest BCUT2D eigenvalue weighted by Crippen LogP contribution is 2.23. The van der Waals surface area contributed by atoms with Crippen LogP contribution in [0.15, 0.2) is 16.5 Å². The maximum atomic E-state index is 12.0. The van der Waals surface area contributed by atoms with E-state index in [0.29, 0.717) is 30.0 Å². The molecule has 1 aromatic rings. The molecule has 3 nitrogen and oxygen atoms in total. The van der Waals surface area contributed by atoms with E-state index in [1.165, 1.54) is 0 Å². The molecule has 0 amide bonds. The summed E-state index contributed by atoms with van der Waals surface area (Å²) in [5, 5.41) is 9.05. The number of hydrogen-bond acceptors (Lipinski definition) is 4. The molecule has 1 aliphatic heterocycles. The Kier molecular flexibility index (Phi) is 5.03. The Balaban J connectivity index is 1.80. The Morgan fingerprint density at radius 2 is 2.22 bits per heavy atom. The van der Waals surface area contributed by atoms with Crippen molar-refractivity contribution in [1.29, 1.82) is 0 Å². The number of nitrogens with zero attached hydrogens (tertiary/aromatic N) is 1. The first-order chi connectivity index (χ1) is 8.67. The Hall–Kier alpha value is -0.590. The summed E-state index contributed by atoms with van der Waals surface area (Å²) in [4.78, 5) is 2.21. The van der Waals surface area contributed by atoms with Crippen molar-refractivity contribution in [3.8, 4) is 0 Å². The summed E-state index contributed by atoms with van der Waals surface area (Å²) in [7, 11) is 0. The number of halogens is 2. The van der Waals surface area contributed by atoms with Gasteiger partial charge in [0.25, 0.3) is 5.76 Å². The first kappa shape index (κ1) is 13.8. The van der Waals surface area contributed by atoms with Gasteiger partial charge in [0.05, 0.1) is 12.3 Å². The normalized spacial score (nSPS) is 21.0. The first-order valence-electron chi connectivity index (χ1n) is 5.98. The lowest BCUT2D eigenvalue weighted by molar-refractivity contribution is 0.215. The van der Waals surface area contributed by atoms with Crippen LogP contribution in [0.25, 0.3) is 0 Å². The van der Waals surface area contributed by atoms with Crippen molar-refractivity contribution in [3.63, 3.8) is 0 Å². The van der Waals surface area contributed by atoms with Gasteiger partial charge in [0, 0.05) is 13.2 Å².